The van der Waals surface area contributed by atoms with Crippen LogP contribution in [0.4, 0.5) is 5.13 Å². The van der Waals surface area contributed by atoms with Gasteiger partial charge in [0.05, 0.1) is 5.69 Å². The monoisotopic (exact) mass is 280 g/mol. The van der Waals surface area contributed by atoms with E-state index in [-0.39, 0.29) is 0 Å². The van der Waals surface area contributed by atoms with Gasteiger partial charge >= 0.3 is 0 Å². The third-order valence-electron chi connectivity index (χ3n) is 3.41. The minimum absolute atomic E-state index is 0.293. The van der Waals surface area contributed by atoms with Gasteiger partial charge in [0.15, 0.2) is 5.13 Å². The molecular weight excluding hydrogens is 264 g/mol. The molecule has 2 aromatic carbocycles. The molecule has 1 aromatic heterocycles. The largest absolute Gasteiger partial charge is 0.375 e. The van der Waals surface area contributed by atoms with E-state index in [1.54, 1.807) is 11.3 Å². The zero-order valence-electron chi connectivity index (χ0n) is 11.3. The SMILES string of the molecule is C[C@H](c1ccccc1)c1sc(N)nc1-c1ccccc1. The molecule has 2 nitrogen and oxygen atoms in total. The number of nitrogens with zero attached hydrogens (tertiary/aromatic N) is 1. The molecule has 0 bridgehead atoms. The standard InChI is InChI=1S/C17H16N2S/c1-12(13-8-4-2-5-9-13)16-15(19-17(18)20-16)14-10-6-3-7-11-14/h2-12H,1H3,(H2,18,19)/t12-/m1/s1. The maximum Gasteiger partial charge on any atom is 0.180 e. The van der Waals surface area contributed by atoms with Crippen LogP contribution in [0.1, 0.15) is 23.3 Å². The van der Waals surface area contributed by atoms with Crippen LogP contribution in [0.25, 0.3) is 11.3 Å². The third-order valence-corrected chi connectivity index (χ3v) is 4.48. The minimum atomic E-state index is 0.293. The molecule has 3 rings (SSSR count). The molecule has 3 heteroatoms. The van der Waals surface area contributed by atoms with Crippen molar-refractivity contribution >= 4 is 16.5 Å². The Morgan fingerprint density at radius 2 is 1.55 bits per heavy atom. The van der Waals surface area contributed by atoms with Gasteiger partial charge in [-0.25, -0.2) is 4.98 Å². The lowest BCUT2D eigenvalue weighted by Gasteiger charge is -2.11. The predicted molar refractivity (Wildman–Crippen MR) is 85.9 cm³/mol. The number of thiazole rings is 1. The molecule has 0 aliphatic heterocycles. The maximum absolute atomic E-state index is 5.94. The average molecular weight is 280 g/mol. The summed E-state index contributed by atoms with van der Waals surface area (Å²) in [4.78, 5) is 5.75. The van der Waals surface area contributed by atoms with Gasteiger partial charge in [0.25, 0.3) is 0 Å². The fraction of sp³-hybridized carbons (Fsp3) is 0.118. The van der Waals surface area contributed by atoms with Crippen LogP contribution in [0.5, 0.6) is 0 Å². The van der Waals surface area contributed by atoms with E-state index >= 15 is 0 Å². The van der Waals surface area contributed by atoms with E-state index in [1.165, 1.54) is 10.4 Å². The first-order valence-corrected chi connectivity index (χ1v) is 7.44. The second-order valence-electron chi connectivity index (χ2n) is 4.76. The summed E-state index contributed by atoms with van der Waals surface area (Å²) in [7, 11) is 0. The van der Waals surface area contributed by atoms with Crippen LogP contribution >= 0.6 is 11.3 Å². The van der Waals surface area contributed by atoms with Crippen LogP contribution in [-0.4, -0.2) is 4.98 Å². The fourth-order valence-corrected chi connectivity index (χ4v) is 3.27. The average Bonchev–Trinajstić information content (AvgIpc) is 2.90. The van der Waals surface area contributed by atoms with Crippen molar-refractivity contribution in [3.8, 4) is 11.3 Å². The molecule has 0 spiro atoms. The van der Waals surface area contributed by atoms with Gasteiger partial charge in [-0.2, -0.15) is 0 Å². The first kappa shape index (κ1) is 12.9. The van der Waals surface area contributed by atoms with Crippen molar-refractivity contribution in [2.75, 3.05) is 5.73 Å². The quantitative estimate of drug-likeness (QED) is 0.764. The van der Waals surface area contributed by atoms with Crippen LogP contribution < -0.4 is 5.73 Å². The maximum atomic E-state index is 5.94. The molecule has 2 N–H and O–H groups in total. The van der Waals surface area contributed by atoms with Crippen LogP contribution in [0.3, 0.4) is 0 Å². The molecule has 0 fully saturated rings. The van der Waals surface area contributed by atoms with Crippen LogP contribution in [0.2, 0.25) is 0 Å². The Bertz CT molecular complexity index is 690. The van der Waals surface area contributed by atoms with E-state index in [1.807, 2.05) is 24.3 Å². The molecule has 0 aliphatic carbocycles. The molecule has 0 aliphatic rings. The molecule has 100 valence electrons. The first-order valence-electron chi connectivity index (χ1n) is 6.62. The van der Waals surface area contributed by atoms with Crippen molar-refractivity contribution in [2.45, 2.75) is 12.8 Å². The van der Waals surface area contributed by atoms with E-state index in [2.05, 4.69) is 48.3 Å². The van der Waals surface area contributed by atoms with E-state index < -0.39 is 0 Å². The van der Waals surface area contributed by atoms with Gasteiger partial charge in [-0.15, -0.1) is 11.3 Å². The summed E-state index contributed by atoms with van der Waals surface area (Å²) in [5.74, 6) is 0.293. The number of nitrogens with two attached hydrogens (primary N) is 1. The highest BCUT2D eigenvalue weighted by molar-refractivity contribution is 7.16. The highest BCUT2D eigenvalue weighted by atomic mass is 32.1. The number of anilines is 1. The van der Waals surface area contributed by atoms with Crippen molar-refractivity contribution in [3.05, 3.63) is 71.1 Å². The molecule has 1 atom stereocenters. The summed E-state index contributed by atoms with van der Waals surface area (Å²) in [6.45, 7) is 2.20. The van der Waals surface area contributed by atoms with Gasteiger partial charge in [0.1, 0.15) is 0 Å². The zero-order valence-corrected chi connectivity index (χ0v) is 12.1. The lowest BCUT2D eigenvalue weighted by molar-refractivity contribution is 0.945. The van der Waals surface area contributed by atoms with Crippen molar-refractivity contribution in [2.24, 2.45) is 0 Å². The number of benzene rings is 2. The summed E-state index contributed by atoms with van der Waals surface area (Å²) in [5, 5.41) is 0.627. The van der Waals surface area contributed by atoms with Crippen molar-refractivity contribution in [1.29, 1.82) is 0 Å². The lowest BCUT2D eigenvalue weighted by atomic mass is 9.96. The van der Waals surface area contributed by atoms with Crippen LogP contribution in [-0.2, 0) is 0 Å². The van der Waals surface area contributed by atoms with Gasteiger partial charge in [0, 0.05) is 16.4 Å². The molecule has 0 saturated carbocycles. The topological polar surface area (TPSA) is 38.9 Å². The van der Waals surface area contributed by atoms with Gasteiger partial charge in [0.2, 0.25) is 0 Å². The van der Waals surface area contributed by atoms with Crippen molar-refractivity contribution < 1.29 is 0 Å². The van der Waals surface area contributed by atoms with Gasteiger partial charge in [-0.05, 0) is 5.56 Å². The second-order valence-corrected chi connectivity index (χ2v) is 5.83. The Morgan fingerprint density at radius 1 is 0.950 bits per heavy atom. The number of nitrogen functional groups attached to an aromatic ring is 1. The Hall–Kier alpha value is -2.13. The fourth-order valence-electron chi connectivity index (χ4n) is 2.34. The molecule has 0 unspecified atom stereocenters. The van der Waals surface area contributed by atoms with Crippen LogP contribution in [0, 0.1) is 0 Å². The Labute approximate surface area is 122 Å². The highest BCUT2D eigenvalue weighted by Crippen LogP contribution is 2.37. The van der Waals surface area contributed by atoms with Crippen LogP contribution in [0.15, 0.2) is 60.7 Å². The summed E-state index contributed by atoms with van der Waals surface area (Å²) >= 11 is 1.58. The minimum Gasteiger partial charge on any atom is -0.375 e. The molecule has 3 aromatic rings. The molecule has 0 amide bonds. The highest BCUT2D eigenvalue weighted by Gasteiger charge is 2.18. The number of hydrogen-bond donors (Lipinski definition) is 1. The van der Waals surface area contributed by atoms with E-state index in [0.717, 1.165) is 11.3 Å². The van der Waals surface area contributed by atoms with E-state index in [9.17, 15) is 0 Å². The molecular formula is C17H16N2S. The van der Waals surface area contributed by atoms with E-state index in [4.69, 9.17) is 5.73 Å². The summed E-state index contributed by atoms with van der Waals surface area (Å²) in [5.41, 5.74) is 9.35. The van der Waals surface area contributed by atoms with Crippen molar-refractivity contribution in [3.63, 3.8) is 0 Å². The lowest BCUT2D eigenvalue weighted by Crippen LogP contribution is -1.95. The molecule has 1 heterocycles. The normalized spacial score (nSPS) is 12.2. The Balaban J connectivity index is 2.07. The molecule has 0 radical (unpaired) electrons. The first-order chi connectivity index (χ1) is 9.75. The van der Waals surface area contributed by atoms with Crippen molar-refractivity contribution in [1.82, 2.24) is 4.98 Å². The summed E-state index contributed by atoms with van der Waals surface area (Å²) < 4.78 is 0. The third kappa shape index (κ3) is 2.45. The van der Waals surface area contributed by atoms with Gasteiger partial charge in [-0.1, -0.05) is 67.6 Å². The summed E-state index contributed by atoms with van der Waals surface area (Å²) in [6, 6.07) is 20.7. The second kappa shape index (κ2) is 5.47. The summed E-state index contributed by atoms with van der Waals surface area (Å²) in [6.07, 6.45) is 0. The number of rotatable bonds is 3. The number of aromatic nitrogens is 1. The van der Waals surface area contributed by atoms with Gasteiger partial charge < -0.3 is 5.73 Å². The predicted octanol–water partition coefficient (Wildman–Crippen LogP) is 4.54. The number of hydrogen-bond acceptors (Lipinski definition) is 3. The smallest absolute Gasteiger partial charge is 0.180 e. The van der Waals surface area contributed by atoms with E-state index in [0.29, 0.717) is 11.0 Å². The van der Waals surface area contributed by atoms with Gasteiger partial charge in [-0.3, -0.25) is 0 Å². The Kier molecular flexibility index (Phi) is 3.52. The Morgan fingerprint density at radius 3 is 2.20 bits per heavy atom. The zero-order chi connectivity index (χ0) is 13.9. The molecule has 20 heavy (non-hydrogen) atoms. The molecule has 0 saturated heterocycles.